The van der Waals surface area contributed by atoms with E-state index in [2.05, 4.69) is 10.1 Å². The van der Waals surface area contributed by atoms with E-state index in [1.807, 2.05) is 49.4 Å². The molecule has 2 aromatic carbocycles. The molecule has 8 nitrogen and oxygen atoms in total. The molecule has 1 aromatic heterocycles. The molecule has 8 heteroatoms. The first-order valence-corrected chi connectivity index (χ1v) is 10.2. The van der Waals surface area contributed by atoms with Gasteiger partial charge in [-0.25, -0.2) is 0 Å². The van der Waals surface area contributed by atoms with Crippen LogP contribution in [0.25, 0.3) is 11.4 Å². The molecule has 31 heavy (non-hydrogen) atoms. The average molecular weight is 423 g/mol. The average Bonchev–Trinajstić information content (AvgIpc) is 3.44. The minimum absolute atomic E-state index is 0.0112. The highest BCUT2D eigenvalue weighted by Gasteiger charge is 2.35. The summed E-state index contributed by atoms with van der Waals surface area (Å²) in [5.74, 6) is 2.71. The Kier molecular flexibility index (Phi) is 6.06. The molecule has 3 aromatic rings. The summed E-state index contributed by atoms with van der Waals surface area (Å²) in [5.41, 5.74) is 1.55. The van der Waals surface area contributed by atoms with Crippen LogP contribution in [0, 0.1) is 0 Å². The highest BCUT2D eigenvalue weighted by Crippen LogP contribution is 2.35. The molecule has 1 aliphatic rings. The fraction of sp³-hybridized carbons (Fsp3) is 0.348. The Morgan fingerprint density at radius 3 is 2.77 bits per heavy atom. The summed E-state index contributed by atoms with van der Waals surface area (Å²) in [6, 6.07) is 13.0. The van der Waals surface area contributed by atoms with Crippen LogP contribution >= 0.6 is 0 Å². The summed E-state index contributed by atoms with van der Waals surface area (Å²) in [6.45, 7) is 3.13. The van der Waals surface area contributed by atoms with Gasteiger partial charge in [-0.3, -0.25) is 4.79 Å². The maximum atomic E-state index is 12.6. The van der Waals surface area contributed by atoms with Crippen LogP contribution in [-0.2, 0) is 4.79 Å². The van der Waals surface area contributed by atoms with Crippen molar-refractivity contribution in [3.63, 3.8) is 0 Å². The Morgan fingerprint density at radius 2 is 2.00 bits per heavy atom. The van der Waals surface area contributed by atoms with Crippen molar-refractivity contribution in [3.8, 4) is 28.6 Å². The molecule has 0 spiro atoms. The Labute approximate surface area is 180 Å². The van der Waals surface area contributed by atoms with Crippen LogP contribution in [-0.4, -0.2) is 43.4 Å². The van der Waals surface area contributed by atoms with Gasteiger partial charge < -0.3 is 23.6 Å². The predicted octanol–water partition coefficient (Wildman–Crippen LogP) is 4.06. The minimum Gasteiger partial charge on any atom is -0.497 e. The quantitative estimate of drug-likeness (QED) is 0.540. The Balaban J connectivity index is 1.52. The molecular weight excluding hydrogens is 398 g/mol. The van der Waals surface area contributed by atoms with E-state index in [1.54, 1.807) is 19.1 Å². The Bertz CT molecular complexity index is 1060. The van der Waals surface area contributed by atoms with Crippen molar-refractivity contribution in [3.05, 3.63) is 48.4 Å². The van der Waals surface area contributed by atoms with Gasteiger partial charge in [-0.1, -0.05) is 18.1 Å². The van der Waals surface area contributed by atoms with E-state index in [1.165, 1.54) is 0 Å². The fourth-order valence-corrected chi connectivity index (χ4v) is 3.56. The first kappa shape index (κ1) is 20.7. The van der Waals surface area contributed by atoms with Crippen LogP contribution in [0.4, 0.5) is 5.69 Å². The zero-order valence-corrected chi connectivity index (χ0v) is 17.8. The fourth-order valence-electron chi connectivity index (χ4n) is 3.56. The molecule has 1 fully saturated rings. The molecule has 1 aliphatic heterocycles. The molecular formula is C23H25N3O5. The highest BCUT2D eigenvalue weighted by molar-refractivity contribution is 5.96. The number of carbonyl (C=O) groups is 1. The number of methoxy groups -OCH3 is 2. The number of ether oxygens (including phenoxy) is 3. The molecule has 0 radical (unpaired) electrons. The second kappa shape index (κ2) is 9.07. The zero-order valence-electron chi connectivity index (χ0n) is 17.8. The van der Waals surface area contributed by atoms with Crippen molar-refractivity contribution < 1.29 is 23.5 Å². The van der Waals surface area contributed by atoms with Crippen molar-refractivity contribution in [1.82, 2.24) is 10.1 Å². The van der Waals surface area contributed by atoms with E-state index in [-0.39, 0.29) is 11.8 Å². The highest BCUT2D eigenvalue weighted by atomic mass is 16.5. The van der Waals surface area contributed by atoms with E-state index in [0.717, 1.165) is 17.7 Å². The van der Waals surface area contributed by atoms with Gasteiger partial charge in [0.25, 0.3) is 0 Å². The van der Waals surface area contributed by atoms with Crippen molar-refractivity contribution in [1.29, 1.82) is 0 Å². The molecule has 2 heterocycles. The standard InChI is InChI=1S/C23H25N3O5/c1-4-10-30-19-9-8-15(11-20(19)29-3)22-24-23(31-25-22)16-12-21(27)26(14-16)17-6-5-7-18(13-17)28-2/h5-9,11,13,16H,4,10,12,14H2,1-3H3. The number of aromatic nitrogens is 2. The molecule has 0 saturated carbocycles. The van der Waals surface area contributed by atoms with Crippen LogP contribution in [0.2, 0.25) is 0 Å². The summed E-state index contributed by atoms with van der Waals surface area (Å²) < 4.78 is 21.9. The monoisotopic (exact) mass is 423 g/mol. The number of amides is 1. The number of anilines is 1. The van der Waals surface area contributed by atoms with E-state index >= 15 is 0 Å². The van der Waals surface area contributed by atoms with Crippen LogP contribution in [0.1, 0.15) is 31.6 Å². The summed E-state index contributed by atoms with van der Waals surface area (Å²) in [7, 11) is 3.20. The number of benzene rings is 2. The molecule has 1 unspecified atom stereocenters. The van der Waals surface area contributed by atoms with Crippen molar-refractivity contribution in [2.24, 2.45) is 0 Å². The second-order valence-electron chi connectivity index (χ2n) is 7.28. The number of hydrogen-bond donors (Lipinski definition) is 0. The van der Waals surface area contributed by atoms with Gasteiger partial charge in [0.05, 0.1) is 26.7 Å². The smallest absolute Gasteiger partial charge is 0.232 e. The third-order valence-corrected chi connectivity index (χ3v) is 5.16. The summed E-state index contributed by atoms with van der Waals surface area (Å²) in [4.78, 5) is 18.9. The Morgan fingerprint density at radius 1 is 1.13 bits per heavy atom. The zero-order chi connectivity index (χ0) is 21.8. The van der Waals surface area contributed by atoms with E-state index in [0.29, 0.717) is 48.5 Å². The van der Waals surface area contributed by atoms with E-state index in [4.69, 9.17) is 18.7 Å². The van der Waals surface area contributed by atoms with Crippen LogP contribution in [0.5, 0.6) is 17.2 Å². The Hall–Kier alpha value is -3.55. The van der Waals surface area contributed by atoms with Gasteiger partial charge in [-0.05, 0) is 36.8 Å². The maximum absolute atomic E-state index is 12.6. The summed E-state index contributed by atoms with van der Waals surface area (Å²) in [6.07, 6.45) is 1.22. The predicted molar refractivity (Wildman–Crippen MR) is 115 cm³/mol. The SMILES string of the molecule is CCCOc1ccc(-c2noc(C3CC(=O)N(c4cccc(OC)c4)C3)n2)cc1OC. The van der Waals surface area contributed by atoms with E-state index in [9.17, 15) is 4.79 Å². The lowest BCUT2D eigenvalue weighted by atomic mass is 10.1. The molecule has 0 bridgehead atoms. The van der Waals surface area contributed by atoms with E-state index < -0.39 is 0 Å². The van der Waals surface area contributed by atoms with Crippen LogP contribution in [0.3, 0.4) is 0 Å². The van der Waals surface area contributed by atoms with Crippen LogP contribution in [0.15, 0.2) is 47.0 Å². The minimum atomic E-state index is -0.172. The third-order valence-electron chi connectivity index (χ3n) is 5.16. The lowest BCUT2D eigenvalue weighted by molar-refractivity contribution is -0.117. The number of nitrogens with zero attached hydrogens (tertiary/aromatic N) is 3. The van der Waals surface area contributed by atoms with Gasteiger partial charge in [-0.15, -0.1) is 0 Å². The van der Waals surface area contributed by atoms with Crippen molar-refractivity contribution in [2.45, 2.75) is 25.7 Å². The van der Waals surface area contributed by atoms with Gasteiger partial charge in [0.2, 0.25) is 17.6 Å². The molecule has 0 aliphatic carbocycles. The molecule has 1 saturated heterocycles. The van der Waals surface area contributed by atoms with Crippen LogP contribution < -0.4 is 19.1 Å². The lowest BCUT2D eigenvalue weighted by Crippen LogP contribution is -2.24. The van der Waals surface area contributed by atoms with Gasteiger partial charge in [-0.2, -0.15) is 4.98 Å². The first-order valence-electron chi connectivity index (χ1n) is 10.2. The molecule has 4 rings (SSSR count). The molecule has 1 atom stereocenters. The van der Waals surface area contributed by atoms with Gasteiger partial charge in [0, 0.05) is 30.3 Å². The lowest BCUT2D eigenvalue weighted by Gasteiger charge is -2.16. The number of carbonyl (C=O) groups excluding carboxylic acids is 1. The number of rotatable bonds is 8. The van der Waals surface area contributed by atoms with Crippen molar-refractivity contribution >= 4 is 11.6 Å². The topological polar surface area (TPSA) is 86.9 Å². The summed E-state index contributed by atoms with van der Waals surface area (Å²) in [5, 5.41) is 4.12. The van der Waals surface area contributed by atoms with Gasteiger partial charge in [0.1, 0.15) is 5.75 Å². The summed E-state index contributed by atoms with van der Waals surface area (Å²) >= 11 is 0. The molecule has 162 valence electrons. The van der Waals surface area contributed by atoms with Gasteiger partial charge >= 0.3 is 0 Å². The third kappa shape index (κ3) is 4.33. The molecule has 0 N–H and O–H groups in total. The first-order chi connectivity index (χ1) is 15.1. The van der Waals surface area contributed by atoms with Gasteiger partial charge in [0.15, 0.2) is 11.5 Å². The maximum Gasteiger partial charge on any atom is 0.232 e. The normalized spacial score (nSPS) is 15.9. The molecule has 1 amide bonds. The largest absolute Gasteiger partial charge is 0.497 e. The second-order valence-corrected chi connectivity index (χ2v) is 7.28. The van der Waals surface area contributed by atoms with Crippen molar-refractivity contribution in [2.75, 3.05) is 32.3 Å². The number of hydrogen-bond acceptors (Lipinski definition) is 7.